The Morgan fingerprint density at radius 2 is 2.14 bits per heavy atom. The van der Waals surface area contributed by atoms with E-state index in [1.165, 1.54) is 12.2 Å². The number of furan rings is 1. The summed E-state index contributed by atoms with van der Waals surface area (Å²) in [6.07, 6.45) is 3.96. The molecule has 0 bridgehead atoms. The highest BCUT2D eigenvalue weighted by atomic mass is 79.9. The van der Waals surface area contributed by atoms with Gasteiger partial charge in [0.15, 0.2) is 11.3 Å². The number of halogens is 1. The van der Waals surface area contributed by atoms with Crippen molar-refractivity contribution in [2.75, 3.05) is 13.2 Å². The SMILES string of the molecule is C=CCNC(=O)NC(=O)COC(=O)/C=C/c1ccc(Br)o1. The van der Waals surface area contributed by atoms with Gasteiger partial charge in [0.25, 0.3) is 5.91 Å². The molecule has 0 radical (unpaired) electrons. The first-order valence-electron chi connectivity index (χ1n) is 5.80. The van der Waals surface area contributed by atoms with E-state index in [2.05, 4.69) is 32.6 Å². The fourth-order valence-electron chi connectivity index (χ4n) is 1.12. The Kier molecular flexibility index (Phi) is 6.96. The fourth-order valence-corrected chi connectivity index (χ4v) is 1.44. The zero-order valence-corrected chi connectivity index (χ0v) is 12.5. The van der Waals surface area contributed by atoms with E-state index in [4.69, 9.17) is 4.42 Å². The monoisotopic (exact) mass is 356 g/mol. The molecule has 1 aromatic rings. The van der Waals surface area contributed by atoms with Crippen molar-refractivity contribution in [1.82, 2.24) is 10.6 Å². The quantitative estimate of drug-likeness (QED) is 0.458. The molecule has 112 valence electrons. The van der Waals surface area contributed by atoms with Crippen LogP contribution >= 0.6 is 15.9 Å². The molecule has 0 saturated carbocycles. The third-order valence-electron chi connectivity index (χ3n) is 1.98. The minimum atomic E-state index is -0.737. The van der Waals surface area contributed by atoms with Crippen LogP contribution in [-0.2, 0) is 14.3 Å². The molecule has 0 aliphatic heterocycles. The maximum absolute atomic E-state index is 11.3. The standard InChI is InChI=1S/C13H13BrN2O5/c1-2-7-15-13(19)16-11(17)8-20-12(18)6-4-9-3-5-10(14)21-9/h2-6H,1,7-8H2,(H2,15,16,17,19)/b6-4+. The number of amides is 3. The van der Waals surface area contributed by atoms with Gasteiger partial charge >= 0.3 is 12.0 Å². The molecule has 0 spiro atoms. The molecular weight excluding hydrogens is 344 g/mol. The molecule has 7 nitrogen and oxygen atoms in total. The topological polar surface area (TPSA) is 97.6 Å². The number of nitrogens with one attached hydrogen (secondary N) is 2. The van der Waals surface area contributed by atoms with Crippen LogP contribution in [0.2, 0.25) is 0 Å². The smallest absolute Gasteiger partial charge is 0.331 e. The molecule has 0 aliphatic rings. The third kappa shape index (κ3) is 7.11. The lowest BCUT2D eigenvalue weighted by Crippen LogP contribution is -2.41. The Balaban J connectivity index is 2.29. The van der Waals surface area contributed by atoms with Gasteiger partial charge < -0.3 is 14.5 Å². The van der Waals surface area contributed by atoms with Crippen LogP contribution in [0.3, 0.4) is 0 Å². The van der Waals surface area contributed by atoms with Crippen molar-refractivity contribution in [2.24, 2.45) is 0 Å². The van der Waals surface area contributed by atoms with Gasteiger partial charge in [-0.2, -0.15) is 0 Å². The average Bonchev–Trinajstić information content (AvgIpc) is 2.86. The summed E-state index contributed by atoms with van der Waals surface area (Å²) < 4.78 is 10.3. The van der Waals surface area contributed by atoms with Gasteiger partial charge in [-0.15, -0.1) is 6.58 Å². The van der Waals surface area contributed by atoms with E-state index in [1.54, 1.807) is 12.1 Å². The summed E-state index contributed by atoms with van der Waals surface area (Å²) >= 11 is 3.12. The Morgan fingerprint density at radius 3 is 2.76 bits per heavy atom. The van der Waals surface area contributed by atoms with E-state index in [9.17, 15) is 14.4 Å². The van der Waals surface area contributed by atoms with Crippen molar-refractivity contribution < 1.29 is 23.5 Å². The van der Waals surface area contributed by atoms with Gasteiger partial charge in [-0.25, -0.2) is 9.59 Å². The predicted molar refractivity (Wildman–Crippen MR) is 78.1 cm³/mol. The van der Waals surface area contributed by atoms with Gasteiger partial charge in [0.05, 0.1) is 0 Å². The minimum absolute atomic E-state index is 0.223. The number of urea groups is 1. The van der Waals surface area contributed by atoms with Crippen LogP contribution in [0.25, 0.3) is 6.08 Å². The van der Waals surface area contributed by atoms with E-state index < -0.39 is 24.5 Å². The summed E-state index contributed by atoms with van der Waals surface area (Å²) in [5.41, 5.74) is 0. The van der Waals surface area contributed by atoms with Crippen LogP contribution in [0.5, 0.6) is 0 Å². The lowest BCUT2D eigenvalue weighted by Gasteiger charge is -2.04. The van der Waals surface area contributed by atoms with Crippen molar-refractivity contribution in [1.29, 1.82) is 0 Å². The molecule has 0 atom stereocenters. The van der Waals surface area contributed by atoms with Crippen molar-refractivity contribution >= 4 is 39.9 Å². The number of esters is 1. The third-order valence-corrected chi connectivity index (χ3v) is 2.41. The number of rotatable bonds is 6. The van der Waals surface area contributed by atoms with Gasteiger partial charge in [0.2, 0.25) is 0 Å². The van der Waals surface area contributed by atoms with Gasteiger partial charge in [-0.1, -0.05) is 6.08 Å². The van der Waals surface area contributed by atoms with Crippen molar-refractivity contribution in [3.8, 4) is 0 Å². The maximum Gasteiger partial charge on any atom is 0.331 e. The molecule has 0 fully saturated rings. The number of hydrogen-bond acceptors (Lipinski definition) is 5. The molecule has 0 aromatic carbocycles. The predicted octanol–water partition coefficient (Wildman–Crippen LogP) is 1.61. The summed E-state index contributed by atoms with van der Waals surface area (Å²) in [5.74, 6) is -1.02. The second kappa shape index (κ2) is 8.75. The normalized spacial score (nSPS) is 10.1. The second-order valence-electron chi connectivity index (χ2n) is 3.63. The van der Waals surface area contributed by atoms with Crippen LogP contribution in [-0.4, -0.2) is 31.1 Å². The molecule has 8 heteroatoms. The van der Waals surface area contributed by atoms with E-state index in [1.807, 2.05) is 5.32 Å². The zero-order valence-electron chi connectivity index (χ0n) is 10.9. The van der Waals surface area contributed by atoms with Gasteiger partial charge in [0, 0.05) is 12.6 Å². The Bertz CT molecular complexity index is 565. The summed E-state index contributed by atoms with van der Waals surface area (Å²) in [6.45, 7) is 3.06. The number of hydrogen-bond donors (Lipinski definition) is 2. The zero-order chi connectivity index (χ0) is 15.7. The Morgan fingerprint density at radius 1 is 1.38 bits per heavy atom. The first-order chi connectivity index (χ1) is 10.0. The number of carbonyl (C=O) groups excluding carboxylic acids is 3. The summed E-state index contributed by atoms with van der Waals surface area (Å²) in [7, 11) is 0. The molecule has 1 rings (SSSR count). The van der Waals surface area contributed by atoms with Crippen molar-refractivity contribution in [3.63, 3.8) is 0 Å². The number of carbonyl (C=O) groups is 3. The average molecular weight is 357 g/mol. The van der Waals surface area contributed by atoms with Gasteiger partial charge in [-0.3, -0.25) is 10.1 Å². The molecule has 0 aliphatic carbocycles. The summed E-state index contributed by atoms with van der Waals surface area (Å²) in [6, 6.07) is 2.62. The molecule has 1 heterocycles. The van der Waals surface area contributed by atoms with E-state index in [0.717, 1.165) is 6.08 Å². The lowest BCUT2D eigenvalue weighted by molar-refractivity contribution is -0.143. The molecule has 0 unspecified atom stereocenters. The molecular formula is C13H13BrN2O5. The summed E-state index contributed by atoms with van der Waals surface area (Å²) in [4.78, 5) is 33.7. The minimum Gasteiger partial charge on any atom is -0.452 e. The molecule has 3 amide bonds. The first-order valence-corrected chi connectivity index (χ1v) is 6.59. The van der Waals surface area contributed by atoms with Crippen molar-refractivity contribution in [2.45, 2.75) is 0 Å². The highest BCUT2D eigenvalue weighted by molar-refractivity contribution is 9.10. The molecule has 0 saturated heterocycles. The van der Waals surface area contributed by atoms with Crippen LogP contribution in [0.1, 0.15) is 5.76 Å². The molecule has 2 N–H and O–H groups in total. The van der Waals surface area contributed by atoms with E-state index in [-0.39, 0.29) is 6.54 Å². The van der Waals surface area contributed by atoms with Gasteiger partial charge in [0.1, 0.15) is 5.76 Å². The summed E-state index contributed by atoms with van der Waals surface area (Å²) in [5, 5.41) is 4.32. The second-order valence-corrected chi connectivity index (χ2v) is 4.41. The number of ether oxygens (including phenoxy) is 1. The van der Waals surface area contributed by atoms with Crippen LogP contribution < -0.4 is 10.6 Å². The highest BCUT2D eigenvalue weighted by Gasteiger charge is 2.08. The van der Waals surface area contributed by atoms with Crippen LogP contribution in [0.15, 0.2) is 40.0 Å². The lowest BCUT2D eigenvalue weighted by atomic mass is 10.4. The fraction of sp³-hybridized carbons (Fsp3) is 0.154. The number of imide groups is 1. The highest BCUT2D eigenvalue weighted by Crippen LogP contribution is 2.14. The van der Waals surface area contributed by atoms with Crippen molar-refractivity contribution in [3.05, 3.63) is 41.3 Å². The van der Waals surface area contributed by atoms with Gasteiger partial charge in [-0.05, 0) is 34.1 Å². The largest absolute Gasteiger partial charge is 0.452 e. The maximum atomic E-state index is 11.3. The van der Waals surface area contributed by atoms with Crippen LogP contribution in [0, 0.1) is 0 Å². The Labute approximate surface area is 129 Å². The Hall–Kier alpha value is -2.35. The van der Waals surface area contributed by atoms with Crippen LogP contribution in [0.4, 0.5) is 4.79 Å². The molecule has 21 heavy (non-hydrogen) atoms. The first kappa shape index (κ1) is 16.7. The van der Waals surface area contributed by atoms with E-state index in [0.29, 0.717) is 10.4 Å². The van der Waals surface area contributed by atoms with E-state index >= 15 is 0 Å². The molecule has 1 aromatic heterocycles.